The van der Waals surface area contributed by atoms with Gasteiger partial charge in [-0.2, -0.15) is 13.2 Å². The summed E-state index contributed by atoms with van der Waals surface area (Å²) in [6, 6.07) is 2.72. The van der Waals surface area contributed by atoms with Crippen LogP contribution < -0.4 is 5.32 Å². The van der Waals surface area contributed by atoms with Gasteiger partial charge in [0.05, 0.1) is 16.8 Å². The lowest BCUT2D eigenvalue weighted by molar-refractivity contribution is -0.138. The lowest BCUT2D eigenvalue weighted by Gasteiger charge is -2.13. The fourth-order valence-electron chi connectivity index (χ4n) is 1.77. The second-order valence-corrected chi connectivity index (χ2v) is 4.92. The van der Waals surface area contributed by atoms with Crippen LogP contribution in [0.4, 0.5) is 17.6 Å². The fraction of sp³-hybridized carbons (Fsp3) is 0.308. The summed E-state index contributed by atoms with van der Waals surface area (Å²) >= 11 is 1.47. The van der Waals surface area contributed by atoms with Crippen molar-refractivity contribution in [3.63, 3.8) is 0 Å². The Morgan fingerprint density at radius 3 is 2.70 bits per heavy atom. The maximum absolute atomic E-state index is 12.9. The average molecular weight is 304 g/mol. The first-order chi connectivity index (χ1) is 9.47. The molecule has 2 aromatic rings. The number of hydrogen-bond donors (Lipinski definition) is 1. The number of nitrogens with one attached hydrogen (secondary N) is 1. The second-order valence-electron chi connectivity index (χ2n) is 4.21. The van der Waals surface area contributed by atoms with Crippen molar-refractivity contribution in [2.24, 2.45) is 0 Å². The van der Waals surface area contributed by atoms with E-state index in [1.165, 1.54) is 11.3 Å². The third-order valence-corrected chi connectivity index (χ3v) is 3.37. The van der Waals surface area contributed by atoms with Crippen molar-refractivity contribution >= 4 is 11.3 Å². The Balaban J connectivity index is 1.95. The van der Waals surface area contributed by atoms with Gasteiger partial charge in [0.25, 0.3) is 0 Å². The van der Waals surface area contributed by atoms with E-state index >= 15 is 0 Å². The van der Waals surface area contributed by atoms with Crippen LogP contribution in [0.2, 0.25) is 0 Å². The Labute approximate surface area is 117 Å². The first kappa shape index (κ1) is 14.9. The van der Waals surface area contributed by atoms with Crippen LogP contribution in [0.15, 0.2) is 29.1 Å². The molecule has 0 fully saturated rings. The summed E-state index contributed by atoms with van der Waals surface area (Å²) in [5.41, 5.74) is 1.71. The minimum Gasteiger partial charge on any atom is -0.312 e. The lowest BCUT2D eigenvalue weighted by Crippen LogP contribution is -2.20. The van der Waals surface area contributed by atoms with Gasteiger partial charge < -0.3 is 5.32 Å². The quantitative estimate of drug-likeness (QED) is 0.674. The number of thiazole rings is 1. The highest BCUT2D eigenvalue weighted by Crippen LogP contribution is 2.32. The molecule has 1 aromatic heterocycles. The molecule has 0 aliphatic rings. The van der Waals surface area contributed by atoms with Gasteiger partial charge in [0.15, 0.2) is 0 Å². The molecule has 1 heterocycles. The first-order valence-corrected chi connectivity index (χ1v) is 6.84. The predicted octanol–water partition coefficient (Wildman–Crippen LogP) is 3.63. The van der Waals surface area contributed by atoms with Gasteiger partial charge in [-0.3, -0.25) is 0 Å². The van der Waals surface area contributed by atoms with Crippen molar-refractivity contribution in [3.8, 4) is 0 Å². The Hall–Kier alpha value is -1.47. The molecule has 0 bridgehead atoms. The molecule has 108 valence electrons. The molecular formula is C13H12F4N2S. The molecule has 0 saturated carbocycles. The number of rotatable bonds is 5. The number of halogens is 4. The number of nitrogens with zero attached hydrogens (tertiary/aromatic N) is 1. The smallest absolute Gasteiger partial charge is 0.312 e. The van der Waals surface area contributed by atoms with E-state index in [2.05, 4.69) is 10.3 Å². The van der Waals surface area contributed by atoms with E-state index in [-0.39, 0.29) is 12.1 Å². The first-order valence-electron chi connectivity index (χ1n) is 5.90. The molecule has 2 rings (SSSR count). The van der Waals surface area contributed by atoms with Crippen molar-refractivity contribution in [1.29, 1.82) is 0 Å². The predicted molar refractivity (Wildman–Crippen MR) is 68.9 cm³/mol. The van der Waals surface area contributed by atoms with Crippen LogP contribution in [-0.4, -0.2) is 11.5 Å². The van der Waals surface area contributed by atoms with Crippen molar-refractivity contribution in [3.05, 3.63) is 51.7 Å². The van der Waals surface area contributed by atoms with E-state index in [0.29, 0.717) is 19.0 Å². The minimum atomic E-state index is -4.55. The van der Waals surface area contributed by atoms with Gasteiger partial charge in [0.2, 0.25) is 0 Å². The van der Waals surface area contributed by atoms with Crippen molar-refractivity contribution < 1.29 is 17.6 Å². The molecule has 0 unspecified atom stereocenters. The molecule has 2 nitrogen and oxygen atoms in total. The molecule has 1 N–H and O–H groups in total. The zero-order chi connectivity index (χ0) is 14.6. The van der Waals surface area contributed by atoms with Crippen LogP contribution in [0.5, 0.6) is 0 Å². The van der Waals surface area contributed by atoms with E-state index in [9.17, 15) is 17.6 Å². The summed E-state index contributed by atoms with van der Waals surface area (Å²) in [5, 5.41) is 4.80. The molecule has 7 heteroatoms. The van der Waals surface area contributed by atoms with Crippen LogP contribution in [0.3, 0.4) is 0 Å². The minimum absolute atomic E-state index is 0.0391. The molecule has 1 aromatic carbocycles. The van der Waals surface area contributed by atoms with Crippen molar-refractivity contribution in [2.75, 3.05) is 6.54 Å². The van der Waals surface area contributed by atoms with Gasteiger partial charge in [0, 0.05) is 24.9 Å². The second kappa shape index (κ2) is 6.32. The Kier molecular flexibility index (Phi) is 4.72. The van der Waals surface area contributed by atoms with E-state index in [4.69, 9.17) is 0 Å². The normalized spacial score (nSPS) is 11.8. The molecule has 0 radical (unpaired) electrons. The van der Waals surface area contributed by atoms with Crippen molar-refractivity contribution in [1.82, 2.24) is 10.3 Å². The topological polar surface area (TPSA) is 24.9 Å². The lowest BCUT2D eigenvalue weighted by atomic mass is 10.1. The summed E-state index contributed by atoms with van der Waals surface area (Å²) in [6.45, 7) is 0.553. The monoisotopic (exact) mass is 304 g/mol. The summed E-state index contributed by atoms with van der Waals surface area (Å²) in [5.74, 6) is -0.886. The highest BCUT2D eigenvalue weighted by molar-refractivity contribution is 7.07. The number of aromatic nitrogens is 1. The summed E-state index contributed by atoms with van der Waals surface area (Å²) in [4.78, 5) is 4.08. The van der Waals surface area contributed by atoms with Gasteiger partial charge in [0.1, 0.15) is 5.82 Å². The van der Waals surface area contributed by atoms with Crippen LogP contribution >= 0.6 is 11.3 Å². The summed E-state index contributed by atoms with van der Waals surface area (Å²) < 4.78 is 51.2. The molecule has 0 aliphatic heterocycles. The van der Waals surface area contributed by atoms with Crippen LogP contribution in [0, 0.1) is 5.82 Å². The molecule has 0 amide bonds. The largest absolute Gasteiger partial charge is 0.416 e. The standard InChI is InChI=1S/C13H12F4N2S/c14-10-2-1-9(12(5-10)13(15,16)17)6-18-4-3-11-7-20-8-19-11/h1-2,5,7-8,18H,3-4,6H2. The maximum Gasteiger partial charge on any atom is 0.416 e. The Morgan fingerprint density at radius 1 is 1.25 bits per heavy atom. The summed E-state index contributed by atoms with van der Waals surface area (Å²) in [7, 11) is 0. The van der Waals surface area contributed by atoms with Crippen LogP contribution in [-0.2, 0) is 19.1 Å². The third kappa shape index (κ3) is 4.01. The molecule has 0 atom stereocenters. The van der Waals surface area contributed by atoms with Crippen LogP contribution in [0.25, 0.3) is 0 Å². The molecule has 0 spiro atoms. The van der Waals surface area contributed by atoms with Gasteiger partial charge in [-0.25, -0.2) is 9.37 Å². The molecular weight excluding hydrogens is 292 g/mol. The van der Waals surface area contributed by atoms with Gasteiger partial charge >= 0.3 is 6.18 Å². The average Bonchev–Trinajstić information content (AvgIpc) is 2.88. The third-order valence-electron chi connectivity index (χ3n) is 2.73. The van der Waals surface area contributed by atoms with E-state index in [1.807, 2.05) is 5.38 Å². The highest BCUT2D eigenvalue weighted by atomic mass is 32.1. The van der Waals surface area contributed by atoms with Crippen molar-refractivity contribution in [2.45, 2.75) is 19.1 Å². The molecule has 0 aliphatic carbocycles. The Morgan fingerprint density at radius 2 is 2.05 bits per heavy atom. The number of benzene rings is 1. The Bertz CT molecular complexity index is 552. The highest BCUT2D eigenvalue weighted by Gasteiger charge is 2.33. The van der Waals surface area contributed by atoms with Crippen LogP contribution in [0.1, 0.15) is 16.8 Å². The van der Waals surface area contributed by atoms with E-state index in [0.717, 1.165) is 17.8 Å². The van der Waals surface area contributed by atoms with Gasteiger partial charge in [-0.05, 0) is 17.7 Å². The number of hydrogen-bond acceptors (Lipinski definition) is 3. The van der Waals surface area contributed by atoms with Gasteiger partial charge in [-0.15, -0.1) is 11.3 Å². The van der Waals surface area contributed by atoms with E-state index in [1.54, 1.807) is 5.51 Å². The van der Waals surface area contributed by atoms with Gasteiger partial charge in [-0.1, -0.05) is 6.07 Å². The SMILES string of the molecule is Fc1ccc(CNCCc2cscn2)c(C(F)(F)F)c1. The number of alkyl halides is 3. The molecule has 0 saturated heterocycles. The zero-order valence-corrected chi connectivity index (χ0v) is 11.2. The fourth-order valence-corrected chi connectivity index (χ4v) is 2.36. The van der Waals surface area contributed by atoms with E-state index < -0.39 is 17.6 Å². The maximum atomic E-state index is 12.9. The molecule has 20 heavy (non-hydrogen) atoms. The summed E-state index contributed by atoms with van der Waals surface area (Å²) in [6.07, 6.45) is -3.90. The zero-order valence-electron chi connectivity index (χ0n) is 10.4.